The van der Waals surface area contributed by atoms with Gasteiger partial charge in [0.25, 0.3) is 0 Å². The van der Waals surface area contributed by atoms with Crippen molar-refractivity contribution in [2.45, 2.75) is 49.9 Å². The molecule has 0 aliphatic carbocycles. The summed E-state index contributed by atoms with van der Waals surface area (Å²) >= 11 is -0.731. The maximum absolute atomic E-state index is 9.73. The first-order chi connectivity index (χ1) is 16.4. The van der Waals surface area contributed by atoms with Crippen LogP contribution in [0, 0.1) is 0 Å². The van der Waals surface area contributed by atoms with E-state index < -0.39 is 21.1 Å². The fourth-order valence-electron chi connectivity index (χ4n) is 4.82. The Balaban J connectivity index is 1.68. The Morgan fingerprint density at radius 3 is 2.65 bits per heavy atom. The molecule has 5 rings (SSSR count). The van der Waals surface area contributed by atoms with Gasteiger partial charge in [0.2, 0.25) is 0 Å². The van der Waals surface area contributed by atoms with E-state index in [1.165, 1.54) is 14.4 Å². The topological polar surface area (TPSA) is 66.4 Å². The minimum atomic E-state index is -0.731. The summed E-state index contributed by atoms with van der Waals surface area (Å²) < 4.78 is 33.4. The molecule has 1 N–H and O–H groups in total. The average molecular weight is 569 g/mol. The molecular formula is C27H30O6Sn. The Morgan fingerprint density at radius 1 is 1.12 bits per heavy atom. The monoisotopic (exact) mass is 570 g/mol. The minimum absolute atomic E-state index is 0.127. The van der Waals surface area contributed by atoms with Crippen molar-refractivity contribution in [1.82, 2.24) is 0 Å². The number of ether oxygens (including phenoxy) is 5. The molecule has 0 aromatic heterocycles. The zero-order valence-corrected chi connectivity index (χ0v) is 23.1. The number of fused-ring (bicyclic) bond motifs is 6. The van der Waals surface area contributed by atoms with Gasteiger partial charge >= 0.3 is 206 Å². The molecule has 2 radical (unpaired) electrons. The summed E-state index contributed by atoms with van der Waals surface area (Å²) in [5.41, 5.74) is 4.09. The molecule has 0 spiro atoms. The predicted molar refractivity (Wildman–Crippen MR) is 133 cm³/mol. The normalized spacial score (nSPS) is 19.4. The first kappa shape index (κ1) is 23.4. The molecule has 3 aliphatic heterocycles. The molecule has 3 heterocycles. The van der Waals surface area contributed by atoms with E-state index in [1.807, 2.05) is 24.3 Å². The van der Waals surface area contributed by atoms with Crippen molar-refractivity contribution in [3.8, 4) is 23.0 Å². The van der Waals surface area contributed by atoms with Gasteiger partial charge in [-0.1, -0.05) is 0 Å². The van der Waals surface area contributed by atoms with Gasteiger partial charge in [0.1, 0.15) is 0 Å². The number of benzene rings is 2. The van der Waals surface area contributed by atoms with Gasteiger partial charge in [-0.3, -0.25) is 0 Å². The second-order valence-electron chi connectivity index (χ2n) is 9.13. The SMILES string of the molecule is CC[CH2][Sn][C]1=Cc2c(ccc3c2O[C@@H]2COc4cc(CO)c(OC)cc4C2=C3OC)OC1(C)C. The first-order valence-corrected chi connectivity index (χ1v) is 15.1. The van der Waals surface area contributed by atoms with Crippen LogP contribution in [0.3, 0.4) is 0 Å². The van der Waals surface area contributed by atoms with Crippen molar-refractivity contribution < 1.29 is 28.8 Å². The van der Waals surface area contributed by atoms with Crippen molar-refractivity contribution in [1.29, 1.82) is 0 Å². The van der Waals surface area contributed by atoms with Crippen LogP contribution in [0.1, 0.15) is 49.4 Å². The van der Waals surface area contributed by atoms with Crippen molar-refractivity contribution in [3.05, 3.63) is 50.1 Å². The van der Waals surface area contributed by atoms with Crippen molar-refractivity contribution in [2.24, 2.45) is 0 Å². The van der Waals surface area contributed by atoms with Gasteiger partial charge in [-0.05, 0) is 0 Å². The molecular weight excluding hydrogens is 539 g/mol. The molecule has 0 saturated heterocycles. The van der Waals surface area contributed by atoms with Crippen LogP contribution in [-0.2, 0) is 11.3 Å². The van der Waals surface area contributed by atoms with Crippen LogP contribution in [0.25, 0.3) is 17.4 Å². The molecule has 0 bridgehead atoms. The summed E-state index contributed by atoms with van der Waals surface area (Å²) in [6.07, 6.45) is 3.19. The number of hydrogen-bond acceptors (Lipinski definition) is 6. The van der Waals surface area contributed by atoms with Gasteiger partial charge in [-0.25, -0.2) is 0 Å². The van der Waals surface area contributed by atoms with Gasteiger partial charge in [0.05, 0.1) is 0 Å². The van der Waals surface area contributed by atoms with Crippen LogP contribution in [0.5, 0.6) is 23.0 Å². The molecule has 0 fully saturated rings. The Bertz CT molecular complexity index is 1200. The zero-order chi connectivity index (χ0) is 24.0. The van der Waals surface area contributed by atoms with Crippen LogP contribution in [0.2, 0.25) is 4.44 Å². The summed E-state index contributed by atoms with van der Waals surface area (Å²) in [5.74, 6) is 3.70. The fourth-order valence-corrected chi connectivity index (χ4v) is 8.37. The molecule has 1 atom stereocenters. The fraction of sp³-hybridized carbons (Fsp3) is 0.407. The van der Waals surface area contributed by atoms with Crippen molar-refractivity contribution >= 4 is 38.6 Å². The summed E-state index contributed by atoms with van der Waals surface area (Å²) in [6.45, 7) is 6.80. The molecule has 0 unspecified atom stereocenters. The summed E-state index contributed by atoms with van der Waals surface area (Å²) in [4.78, 5) is 0. The summed E-state index contributed by atoms with van der Waals surface area (Å²) in [5, 5.41) is 9.73. The summed E-state index contributed by atoms with van der Waals surface area (Å²) in [7, 11) is 3.29. The third kappa shape index (κ3) is 3.75. The molecule has 178 valence electrons. The Hall–Kier alpha value is -2.32. The Kier molecular flexibility index (Phi) is 6.23. The number of aliphatic hydroxyl groups is 1. The van der Waals surface area contributed by atoms with E-state index in [1.54, 1.807) is 14.2 Å². The maximum atomic E-state index is 9.73. The van der Waals surface area contributed by atoms with E-state index in [9.17, 15) is 5.11 Å². The van der Waals surface area contributed by atoms with Crippen LogP contribution >= 0.6 is 0 Å². The quantitative estimate of drug-likeness (QED) is 0.500. The number of methoxy groups -OCH3 is 2. The standard InChI is InChI=1S/C24H23O6.C3H7.Sn/c1-24(2)8-7-14-17(30-24)6-5-15-22(14)29-20-12-28-19-9-13(11-25)18(26-3)10-16(19)21(20)23(15)27-4;1-3-2;/h5-7,9-10,20,25H,11-12H2,1-4H3;1,3H2,2H3;/t20-;;/m1../s1. The van der Waals surface area contributed by atoms with Crippen LogP contribution in [-0.4, -0.2) is 58.8 Å². The van der Waals surface area contributed by atoms with Gasteiger partial charge in [0.15, 0.2) is 0 Å². The molecule has 0 saturated carbocycles. The second-order valence-corrected chi connectivity index (χ2v) is 13.1. The second kappa shape index (κ2) is 9.04. The van der Waals surface area contributed by atoms with E-state index in [2.05, 4.69) is 26.8 Å². The molecule has 2 aromatic rings. The molecule has 34 heavy (non-hydrogen) atoms. The van der Waals surface area contributed by atoms with Gasteiger partial charge in [-0.2, -0.15) is 0 Å². The Labute approximate surface area is 210 Å². The van der Waals surface area contributed by atoms with E-state index in [0.29, 0.717) is 23.7 Å². The molecule has 2 aromatic carbocycles. The third-order valence-electron chi connectivity index (χ3n) is 6.53. The first-order valence-electron chi connectivity index (χ1n) is 11.6. The predicted octanol–water partition coefficient (Wildman–Crippen LogP) is 4.90. The number of hydrogen-bond donors (Lipinski definition) is 1. The molecule has 0 amide bonds. The van der Waals surface area contributed by atoms with Crippen LogP contribution in [0.4, 0.5) is 0 Å². The van der Waals surface area contributed by atoms with Gasteiger partial charge < -0.3 is 5.11 Å². The molecule has 7 heteroatoms. The van der Waals surface area contributed by atoms with E-state index in [4.69, 9.17) is 23.7 Å². The van der Waals surface area contributed by atoms with Crippen molar-refractivity contribution in [3.63, 3.8) is 0 Å². The zero-order valence-electron chi connectivity index (χ0n) is 20.3. The van der Waals surface area contributed by atoms with Crippen molar-refractivity contribution in [2.75, 3.05) is 20.8 Å². The van der Waals surface area contributed by atoms with E-state index >= 15 is 0 Å². The van der Waals surface area contributed by atoms with Gasteiger partial charge in [-0.15, -0.1) is 0 Å². The van der Waals surface area contributed by atoms with Gasteiger partial charge in [0, 0.05) is 0 Å². The molecule has 6 nitrogen and oxygen atoms in total. The Morgan fingerprint density at radius 2 is 1.94 bits per heavy atom. The van der Waals surface area contributed by atoms with Crippen LogP contribution < -0.4 is 18.9 Å². The summed E-state index contributed by atoms with van der Waals surface area (Å²) in [6, 6.07) is 7.77. The van der Waals surface area contributed by atoms with E-state index in [-0.39, 0.29) is 18.3 Å². The number of rotatable bonds is 6. The third-order valence-corrected chi connectivity index (χ3v) is 11.9. The van der Waals surface area contributed by atoms with E-state index in [0.717, 1.165) is 39.5 Å². The average Bonchev–Trinajstić information content (AvgIpc) is 2.84. The molecule has 3 aliphatic rings. The van der Waals surface area contributed by atoms with Crippen LogP contribution in [0.15, 0.2) is 27.9 Å². The number of aliphatic hydroxyl groups excluding tert-OH is 1.